The smallest absolute Gasteiger partial charge is 0.243 e. The summed E-state index contributed by atoms with van der Waals surface area (Å²) in [5, 5.41) is 3.79. The first-order valence-corrected chi connectivity index (χ1v) is 17.1. The molecule has 0 unspecified atom stereocenters. The van der Waals surface area contributed by atoms with Gasteiger partial charge >= 0.3 is 0 Å². The Labute approximate surface area is 266 Å². The zero-order valence-corrected chi connectivity index (χ0v) is 27.6. The molecule has 0 aromatic heterocycles. The van der Waals surface area contributed by atoms with Crippen LogP contribution in [0.3, 0.4) is 0 Å². The van der Waals surface area contributed by atoms with Gasteiger partial charge in [-0.3, -0.25) is 13.9 Å². The summed E-state index contributed by atoms with van der Waals surface area (Å²) in [5.41, 5.74) is 4.03. The number of sulfonamides is 1. The maximum absolute atomic E-state index is 14.0. The van der Waals surface area contributed by atoms with E-state index in [2.05, 4.69) is 5.32 Å². The highest BCUT2D eigenvalue weighted by Gasteiger charge is 2.31. The number of nitrogens with one attached hydrogen (secondary N) is 1. The van der Waals surface area contributed by atoms with Crippen LogP contribution in [-0.4, -0.2) is 50.5 Å². The number of rotatable bonds is 15. The monoisotopic (exact) mass is 645 g/mol. The number of hydrogen-bond acceptors (Lipinski definition) is 4. The third-order valence-corrected chi connectivity index (χ3v) is 9.32. The van der Waals surface area contributed by atoms with Crippen LogP contribution in [0.1, 0.15) is 54.9 Å². The van der Waals surface area contributed by atoms with E-state index >= 15 is 0 Å². The Hall–Kier alpha value is -3.07. The van der Waals surface area contributed by atoms with Gasteiger partial charge in [0.15, 0.2) is 0 Å². The van der Waals surface area contributed by atoms with Crippen LogP contribution in [0.2, 0.25) is 10.0 Å². The summed E-state index contributed by atoms with van der Waals surface area (Å²) in [6.45, 7) is 6.57. The van der Waals surface area contributed by atoms with Crippen LogP contribution in [0.15, 0.2) is 66.7 Å². The lowest BCUT2D eigenvalue weighted by molar-refractivity contribution is -0.141. The second kappa shape index (κ2) is 16.1. The molecule has 0 aliphatic heterocycles. The van der Waals surface area contributed by atoms with Crippen LogP contribution < -0.4 is 9.62 Å². The van der Waals surface area contributed by atoms with Gasteiger partial charge in [-0.2, -0.15) is 0 Å². The number of halogens is 2. The van der Waals surface area contributed by atoms with Gasteiger partial charge in [-0.25, -0.2) is 8.42 Å². The van der Waals surface area contributed by atoms with E-state index in [1.165, 1.54) is 9.21 Å². The molecule has 0 aliphatic carbocycles. The molecule has 232 valence electrons. The van der Waals surface area contributed by atoms with Crippen molar-refractivity contribution in [2.24, 2.45) is 0 Å². The molecule has 1 N–H and O–H groups in total. The van der Waals surface area contributed by atoms with Crippen molar-refractivity contribution >= 4 is 50.7 Å². The van der Waals surface area contributed by atoms with Crippen molar-refractivity contribution in [3.63, 3.8) is 0 Å². The minimum absolute atomic E-state index is 0.0203. The summed E-state index contributed by atoms with van der Waals surface area (Å²) in [6.07, 6.45) is 3.46. The van der Waals surface area contributed by atoms with Crippen molar-refractivity contribution in [3.05, 3.63) is 99.0 Å². The normalized spacial score (nSPS) is 12.0. The molecular formula is C33H41Cl2N3O4S. The first kappa shape index (κ1) is 34.4. The molecule has 0 fully saturated rings. The minimum atomic E-state index is -3.60. The molecular weight excluding hydrogens is 605 g/mol. The van der Waals surface area contributed by atoms with Gasteiger partial charge in [0, 0.05) is 48.1 Å². The predicted octanol–water partition coefficient (Wildman–Crippen LogP) is 6.71. The summed E-state index contributed by atoms with van der Waals surface area (Å²) < 4.78 is 26.8. The fraction of sp³-hybridized carbons (Fsp3) is 0.394. The summed E-state index contributed by atoms with van der Waals surface area (Å²) in [4.78, 5) is 29.2. The Kier molecular flexibility index (Phi) is 12.9. The highest BCUT2D eigenvalue weighted by Crippen LogP contribution is 2.28. The summed E-state index contributed by atoms with van der Waals surface area (Å²) in [5.74, 6) is -0.558. The molecule has 3 aromatic carbocycles. The molecule has 3 rings (SSSR count). The Balaban J connectivity index is 1.92. The maximum atomic E-state index is 14.0. The molecule has 0 bridgehead atoms. The Morgan fingerprint density at radius 3 is 2.19 bits per heavy atom. The van der Waals surface area contributed by atoms with Gasteiger partial charge < -0.3 is 10.2 Å². The molecule has 0 saturated heterocycles. The van der Waals surface area contributed by atoms with Crippen molar-refractivity contribution in [2.45, 2.75) is 65.5 Å². The second-order valence-electron chi connectivity index (χ2n) is 10.8. The van der Waals surface area contributed by atoms with Gasteiger partial charge in [-0.1, -0.05) is 79.0 Å². The number of hydrogen-bond donors (Lipinski definition) is 1. The molecule has 0 radical (unpaired) electrons. The van der Waals surface area contributed by atoms with E-state index in [0.717, 1.165) is 35.8 Å². The van der Waals surface area contributed by atoms with Gasteiger partial charge in [0.05, 0.1) is 11.9 Å². The largest absolute Gasteiger partial charge is 0.354 e. The molecule has 2 amide bonds. The van der Waals surface area contributed by atoms with Gasteiger partial charge in [0.1, 0.15) is 6.04 Å². The lowest BCUT2D eigenvalue weighted by atomic mass is 10.0. The number of anilines is 1. The highest BCUT2D eigenvalue weighted by atomic mass is 35.5. The van der Waals surface area contributed by atoms with E-state index in [0.29, 0.717) is 34.3 Å². The summed E-state index contributed by atoms with van der Waals surface area (Å²) >= 11 is 13.0. The van der Waals surface area contributed by atoms with E-state index in [-0.39, 0.29) is 37.7 Å². The number of unbranched alkanes of at least 4 members (excludes halogenated alkanes) is 1. The van der Waals surface area contributed by atoms with Crippen LogP contribution in [0.4, 0.5) is 5.69 Å². The lowest BCUT2D eigenvalue weighted by Crippen LogP contribution is -2.50. The molecule has 0 aliphatic rings. The van der Waals surface area contributed by atoms with Crippen LogP contribution in [-0.2, 0) is 32.6 Å². The topological polar surface area (TPSA) is 86.8 Å². The Bertz CT molecular complexity index is 1480. The van der Waals surface area contributed by atoms with Gasteiger partial charge in [0.2, 0.25) is 21.8 Å². The quantitative estimate of drug-likeness (QED) is 0.186. The van der Waals surface area contributed by atoms with Gasteiger partial charge in [-0.05, 0) is 67.6 Å². The molecule has 0 heterocycles. The fourth-order valence-electron chi connectivity index (χ4n) is 4.80. The molecule has 0 saturated carbocycles. The van der Waals surface area contributed by atoms with Gasteiger partial charge in [0.25, 0.3) is 0 Å². The third-order valence-electron chi connectivity index (χ3n) is 7.42. The van der Waals surface area contributed by atoms with Crippen molar-refractivity contribution < 1.29 is 18.0 Å². The number of carbonyl (C=O) groups is 2. The molecule has 43 heavy (non-hydrogen) atoms. The van der Waals surface area contributed by atoms with Crippen molar-refractivity contribution in [1.29, 1.82) is 0 Å². The number of benzene rings is 3. The van der Waals surface area contributed by atoms with Crippen molar-refractivity contribution in [3.8, 4) is 0 Å². The maximum Gasteiger partial charge on any atom is 0.243 e. The average molecular weight is 647 g/mol. The molecule has 0 spiro atoms. The van der Waals surface area contributed by atoms with Crippen LogP contribution >= 0.6 is 23.2 Å². The number of nitrogens with zero attached hydrogens (tertiary/aromatic N) is 2. The first-order chi connectivity index (χ1) is 20.4. The average Bonchev–Trinajstić information content (AvgIpc) is 2.95. The summed E-state index contributed by atoms with van der Waals surface area (Å²) in [7, 11) is -3.60. The highest BCUT2D eigenvalue weighted by molar-refractivity contribution is 7.92. The molecule has 10 heteroatoms. The first-order valence-electron chi connectivity index (χ1n) is 14.5. The van der Waals surface area contributed by atoms with E-state index in [1.54, 1.807) is 24.3 Å². The van der Waals surface area contributed by atoms with Crippen molar-refractivity contribution in [2.75, 3.05) is 23.7 Å². The number of carbonyl (C=O) groups excluding carboxylic acids is 2. The predicted molar refractivity (Wildman–Crippen MR) is 176 cm³/mol. The zero-order valence-electron chi connectivity index (χ0n) is 25.3. The minimum Gasteiger partial charge on any atom is -0.354 e. The van der Waals surface area contributed by atoms with E-state index < -0.39 is 16.1 Å². The van der Waals surface area contributed by atoms with Crippen LogP contribution in [0.25, 0.3) is 0 Å². The lowest BCUT2D eigenvalue weighted by Gasteiger charge is -2.32. The van der Waals surface area contributed by atoms with Crippen LogP contribution in [0, 0.1) is 13.8 Å². The molecule has 7 nitrogen and oxygen atoms in total. The van der Waals surface area contributed by atoms with Gasteiger partial charge in [-0.15, -0.1) is 0 Å². The Morgan fingerprint density at radius 1 is 0.907 bits per heavy atom. The van der Waals surface area contributed by atoms with E-state index in [4.69, 9.17) is 23.2 Å². The molecule has 3 aromatic rings. The fourth-order valence-corrected chi connectivity index (χ4v) is 6.27. The second-order valence-corrected chi connectivity index (χ2v) is 13.5. The van der Waals surface area contributed by atoms with E-state index in [9.17, 15) is 18.0 Å². The molecule has 1 atom stereocenters. The zero-order chi connectivity index (χ0) is 31.6. The number of amides is 2. The van der Waals surface area contributed by atoms with Crippen LogP contribution in [0.5, 0.6) is 0 Å². The standard InChI is InChI=1S/C33H41Cl2N3O4S/c1-5-6-19-36-33(40)31(22-26-12-8-7-9-13-26)37(23-28-29(34)14-10-15-30(28)35)32(39)16-11-20-38(43(4,41)42)27-18-17-24(2)25(3)21-27/h7-10,12-15,17-18,21,31H,5-6,11,16,19-20,22-23H2,1-4H3,(H,36,40)/t31-/m1/s1. The number of aryl methyl sites for hydroxylation is 2. The van der Waals surface area contributed by atoms with E-state index in [1.807, 2.05) is 63.2 Å². The third kappa shape index (κ3) is 9.98. The van der Waals surface area contributed by atoms with Crippen molar-refractivity contribution in [1.82, 2.24) is 10.2 Å². The summed E-state index contributed by atoms with van der Waals surface area (Å²) in [6, 6.07) is 19.3. The Morgan fingerprint density at radius 2 is 1.58 bits per heavy atom. The SMILES string of the molecule is CCCCNC(=O)[C@@H](Cc1ccccc1)N(Cc1c(Cl)cccc1Cl)C(=O)CCCN(c1ccc(C)c(C)c1)S(C)(=O)=O.